The molecule has 1 spiro atoms. The van der Waals surface area contributed by atoms with Crippen LogP contribution in [0.25, 0.3) is 0 Å². The average Bonchev–Trinajstić information content (AvgIpc) is 2.99. The van der Waals surface area contributed by atoms with Gasteiger partial charge in [0.1, 0.15) is 11.6 Å². The molecule has 27 heavy (non-hydrogen) atoms. The molecular weight excluding hydrogens is 371 g/mol. The second-order valence-electron chi connectivity index (χ2n) is 7.42. The standard InChI is InChI=1S/C19H21FN2O4S/c1-13-4-5-15(9-17(13)20)27(24,25)22-7-6-19(12-22)10-16(19)18(23)21-11-14-3-2-8-26-14/h2-5,8-9,16H,6-7,10-12H2,1H3,(H,21,23)/t16-,19-/m1/s1. The zero-order valence-electron chi connectivity index (χ0n) is 14.9. The molecule has 1 aliphatic carbocycles. The highest BCUT2D eigenvalue weighted by molar-refractivity contribution is 7.89. The van der Waals surface area contributed by atoms with E-state index in [2.05, 4.69) is 5.32 Å². The third-order valence-corrected chi connectivity index (χ3v) is 7.50. The van der Waals surface area contributed by atoms with Crippen LogP contribution in [0.1, 0.15) is 24.2 Å². The Balaban J connectivity index is 1.41. The van der Waals surface area contributed by atoms with Crippen LogP contribution in [0.4, 0.5) is 4.39 Å². The van der Waals surface area contributed by atoms with E-state index in [1.807, 2.05) is 0 Å². The van der Waals surface area contributed by atoms with Gasteiger partial charge in [-0.05, 0) is 55.0 Å². The van der Waals surface area contributed by atoms with Crippen LogP contribution in [0.2, 0.25) is 0 Å². The monoisotopic (exact) mass is 392 g/mol. The Morgan fingerprint density at radius 1 is 1.41 bits per heavy atom. The van der Waals surface area contributed by atoms with E-state index in [1.165, 1.54) is 16.4 Å². The van der Waals surface area contributed by atoms with E-state index in [0.29, 0.717) is 43.8 Å². The molecule has 2 atom stereocenters. The Bertz CT molecular complexity index is 974. The topological polar surface area (TPSA) is 79.6 Å². The Kier molecular flexibility index (Phi) is 4.35. The van der Waals surface area contributed by atoms with Gasteiger partial charge in [0, 0.05) is 19.0 Å². The fourth-order valence-corrected chi connectivity index (χ4v) is 5.37. The fourth-order valence-electron chi connectivity index (χ4n) is 3.82. The molecule has 0 radical (unpaired) electrons. The quantitative estimate of drug-likeness (QED) is 0.848. The van der Waals surface area contributed by atoms with Crippen molar-refractivity contribution < 1.29 is 22.0 Å². The van der Waals surface area contributed by atoms with Crippen molar-refractivity contribution in [3.63, 3.8) is 0 Å². The molecule has 6 nitrogen and oxygen atoms in total. The van der Waals surface area contributed by atoms with Crippen LogP contribution in [0.5, 0.6) is 0 Å². The molecule has 1 aromatic heterocycles. The molecule has 1 aromatic carbocycles. The van der Waals surface area contributed by atoms with E-state index in [1.54, 1.807) is 25.3 Å². The average molecular weight is 392 g/mol. The van der Waals surface area contributed by atoms with E-state index in [4.69, 9.17) is 4.42 Å². The number of amides is 1. The number of rotatable bonds is 5. The molecule has 8 heteroatoms. The van der Waals surface area contributed by atoms with Crippen LogP contribution >= 0.6 is 0 Å². The van der Waals surface area contributed by atoms with Gasteiger partial charge in [0.05, 0.1) is 17.7 Å². The van der Waals surface area contributed by atoms with Crippen molar-refractivity contribution in [2.75, 3.05) is 13.1 Å². The molecule has 4 rings (SSSR count). The number of benzene rings is 1. The number of hydrogen-bond acceptors (Lipinski definition) is 4. The molecule has 144 valence electrons. The lowest BCUT2D eigenvalue weighted by Gasteiger charge is -2.17. The first-order chi connectivity index (χ1) is 12.8. The summed E-state index contributed by atoms with van der Waals surface area (Å²) in [6, 6.07) is 7.51. The molecule has 1 aliphatic heterocycles. The maximum Gasteiger partial charge on any atom is 0.243 e. The van der Waals surface area contributed by atoms with Crippen LogP contribution in [-0.2, 0) is 21.4 Å². The van der Waals surface area contributed by atoms with Crippen LogP contribution in [0.15, 0.2) is 45.9 Å². The Labute approximate surface area is 157 Å². The Hall–Kier alpha value is -2.19. The van der Waals surface area contributed by atoms with Gasteiger partial charge in [0.2, 0.25) is 15.9 Å². The summed E-state index contributed by atoms with van der Waals surface area (Å²) < 4.78 is 46.0. The van der Waals surface area contributed by atoms with Gasteiger partial charge >= 0.3 is 0 Å². The second-order valence-corrected chi connectivity index (χ2v) is 9.35. The summed E-state index contributed by atoms with van der Waals surface area (Å²) in [5.74, 6) is -0.129. The van der Waals surface area contributed by atoms with E-state index in [0.717, 1.165) is 6.07 Å². The van der Waals surface area contributed by atoms with Crippen LogP contribution in [0, 0.1) is 24.1 Å². The number of sulfonamides is 1. The van der Waals surface area contributed by atoms with Gasteiger partial charge in [0.15, 0.2) is 0 Å². The molecule has 1 amide bonds. The zero-order valence-corrected chi connectivity index (χ0v) is 15.8. The summed E-state index contributed by atoms with van der Waals surface area (Å²) in [4.78, 5) is 12.4. The molecule has 1 saturated carbocycles. The minimum absolute atomic E-state index is 0.0397. The molecule has 2 aromatic rings. The van der Waals surface area contributed by atoms with Gasteiger partial charge in [-0.25, -0.2) is 12.8 Å². The summed E-state index contributed by atoms with van der Waals surface area (Å²) in [5.41, 5.74) is 0.103. The highest BCUT2D eigenvalue weighted by Crippen LogP contribution is 2.59. The minimum atomic E-state index is -3.76. The van der Waals surface area contributed by atoms with Crippen molar-refractivity contribution in [2.45, 2.75) is 31.2 Å². The lowest BCUT2D eigenvalue weighted by molar-refractivity contribution is -0.123. The van der Waals surface area contributed by atoms with Crippen molar-refractivity contribution in [3.05, 3.63) is 53.7 Å². The maximum absolute atomic E-state index is 13.8. The van der Waals surface area contributed by atoms with E-state index in [-0.39, 0.29) is 22.1 Å². The van der Waals surface area contributed by atoms with Crippen molar-refractivity contribution in [3.8, 4) is 0 Å². The number of carbonyl (C=O) groups is 1. The van der Waals surface area contributed by atoms with Gasteiger partial charge in [-0.2, -0.15) is 4.31 Å². The van der Waals surface area contributed by atoms with Crippen LogP contribution in [0.3, 0.4) is 0 Å². The molecule has 1 saturated heterocycles. The number of hydrogen-bond donors (Lipinski definition) is 1. The summed E-state index contributed by atoms with van der Waals surface area (Å²) >= 11 is 0. The molecule has 0 unspecified atom stereocenters. The number of nitrogens with one attached hydrogen (secondary N) is 1. The predicted octanol–water partition coefficient (Wildman–Crippen LogP) is 2.44. The normalized spacial score (nSPS) is 25.0. The predicted molar refractivity (Wildman–Crippen MR) is 95.6 cm³/mol. The van der Waals surface area contributed by atoms with Gasteiger partial charge in [-0.3, -0.25) is 4.79 Å². The molecule has 2 aliphatic rings. The second kappa shape index (κ2) is 6.45. The zero-order chi connectivity index (χ0) is 19.2. The Morgan fingerprint density at radius 2 is 2.22 bits per heavy atom. The lowest BCUT2D eigenvalue weighted by Crippen LogP contribution is -2.31. The Morgan fingerprint density at radius 3 is 2.93 bits per heavy atom. The van der Waals surface area contributed by atoms with Gasteiger partial charge in [0.25, 0.3) is 0 Å². The number of furan rings is 1. The highest BCUT2D eigenvalue weighted by Gasteiger charge is 2.62. The smallest absolute Gasteiger partial charge is 0.243 e. The summed E-state index contributed by atoms with van der Waals surface area (Å²) in [5, 5.41) is 2.85. The minimum Gasteiger partial charge on any atom is -0.467 e. The third kappa shape index (κ3) is 3.27. The van der Waals surface area contributed by atoms with E-state index < -0.39 is 15.8 Å². The summed E-state index contributed by atoms with van der Waals surface area (Å²) in [7, 11) is -3.76. The molecule has 2 fully saturated rings. The fraction of sp³-hybridized carbons (Fsp3) is 0.421. The van der Waals surface area contributed by atoms with Crippen molar-refractivity contribution in [1.29, 1.82) is 0 Å². The largest absolute Gasteiger partial charge is 0.467 e. The van der Waals surface area contributed by atoms with Crippen molar-refractivity contribution >= 4 is 15.9 Å². The first-order valence-corrected chi connectivity index (χ1v) is 10.3. The van der Waals surface area contributed by atoms with Crippen LogP contribution < -0.4 is 5.32 Å². The number of halogens is 1. The number of nitrogens with zero attached hydrogens (tertiary/aromatic N) is 1. The highest BCUT2D eigenvalue weighted by atomic mass is 32.2. The molecule has 2 heterocycles. The summed E-state index contributed by atoms with van der Waals surface area (Å²) in [6.45, 7) is 2.55. The first kappa shape index (κ1) is 18.2. The van der Waals surface area contributed by atoms with Crippen molar-refractivity contribution in [2.24, 2.45) is 11.3 Å². The van der Waals surface area contributed by atoms with Crippen LogP contribution in [-0.4, -0.2) is 31.7 Å². The SMILES string of the molecule is Cc1ccc(S(=O)(=O)N2CC[C@@]3(C[C@@H]3C(=O)NCc3ccco3)C2)cc1F. The first-order valence-electron chi connectivity index (χ1n) is 8.88. The number of carbonyl (C=O) groups excluding carboxylic acids is 1. The van der Waals surface area contributed by atoms with E-state index in [9.17, 15) is 17.6 Å². The summed E-state index contributed by atoms with van der Waals surface area (Å²) in [6.07, 6.45) is 2.86. The molecule has 1 N–H and O–H groups in total. The van der Waals surface area contributed by atoms with Gasteiger partial charge in [-0.15, -0.1) is 0 Å². The van der Waals surface area contributed by atoms with Gasteiger partial charge in [-0.1, -0.05) is 6.07 Å². The molecule has 0 bridgehead atoms. The third-order valence-electron chi connectivity index (χ3n) is 5.65. The lowest BCUT2D eigenvalue weighted by atomic mass is 10.0. The van der Waals surface area contributed by atoms with Gasteiger partial charge < -0.3 is 9.73 Å². The van der Waals surface area contributed by atoms with Crippen molar-refractivity contribution in [1.82, 2.24) is 9.62 Å². The number of aryl methyl sites for hydroxylation is 1. The maximum atomic E-state index is 13.8. The van der Waals surface area contributed by atoms with E-state index >= 15 is 0 Å². The molecular formula is C19H21FN2O4S.